The van der Waals surface area contributed by atoms with E-state index in [2.05, 4.69) is 58.7 Å². The molecule has 0 aromatic carbocycles. The standard InChI is InChI=1S/C20H31N7/c1-14-11-17(15-7-5-8-15)22-20(21-14)27-10-6-9-16(12-27)19-24-23-18(26(19)4)13-25(2)3/h11,15-16H,5-10,12-13H2,1-4H3/t16-/m0/s1. The minimum Gasteiger partial charge on any atom is -0.340 e. The molecule has 2 aliphatic rings. The molecule has 0 bridgehead atoms. The van der Waals surface area contributed by atoms with Crippen molar-refractivity contribution >= 4 is 5.95 Å². The Hall–Kier alpha value is -2.02. The lowest BCUT2D eigenvalue weighted by atomic mass is 9.82. The van der Waals surface area contributed by atoms with E-state index < -0.39 is 0 Å². The Morgan fingerprint density at radius 3 is 2.56 bits per heavy atom. The van der Waals surface area contributed by atoms with Crippen molar-refractivity contribution < 1.29 is 0 Å². The van der Waals surface area contributed by atoms with Crippen LogP contribution in [0.5, 0.6) is 0 Å². The minimum atomic E-state index is 0.378. The van der Waals surface area contributed by atoms with Crippen molar-refractivity contribution in [1.82, 2.24) is 29.6 Å². The Bertz CT molecular complexity index is 794. The topological polar surface area (TPSA) is 63.0 Å². The maximum atomic E-state index is 4.94. The molecule has 27 heavy (non-hydrogen) atoms. The van der Waals surface area contributed by atoms with Gasteiger partial charge in [-0.1, -0.05) is 6.42 Å². The fourth-order valence-corrected chi connectivity index (χ4v) is 4.15. The fourth-order valence-electron chi connectivity index (χ4n) is 4.15. The first-order valence-electron chi connectivity index (χ1n) is 10.1. The van der Waals surface area contributed by atoms with Gasteiger partial charge in [0.1, 0.15) is 11.6 Å². The third-order valence-corrected chi connectivity index (χ3v) is 5.91. The fraction of sp³-hybridized carbons (Fsp3) is 0.700. The molecule has 146 valence electrons. The molecular formula is C20H31N7. The molecule has 0 radical (unpaired) electrons. The van der Waals surface area contributed by atoms with Gasteiger partial charge in [0.2, 0.25) is 5.95 Å². The number of rotatable bonds is 5. The van der Waals surface area contributed by atoms with Crippen LogP contribution >= 0.6 is 0 Å². The van der Waals surface area contributed by atoms with Gasteiger partial charge in [-0.05, 0) is 52.8 Å². The highest BCUT2D eigenvalue weighted by Crippen LogP contribution is 2.36. The van der Waals surface area contributed by atoms with Gasteiger partial charge in [-0.2, -0.15) is 0 Å². The average Bonchev–Trinajstić information content (AvgIpc) is 2.93. The smallest absolute Gasteiger partial charge is 0.225 e. The molecule has 1 aliphatic carbocycles. The number of aryl methyl sites for hydroxylation is 1. The van der Waals surface area contributed by atoms with E-state index in [1.807, 2.05) is 0 Å². The highest BCUT2D eigenvalue weighted by Gasteiger charge is 2.28. The lowest BCUT2D eigenvalue weighted by molar-refractivity contribution is 0.382. The quantitative estimate of drug-likeness (QED) is 0.807. The van der Waals surface area contributed by atoms with E-state index in [-0.39, 0.29) is 0 Å². The van der Waals surface area contributed by atoms with Gasteiger partial charge in [0.15, 0.2) is 0 Å². The number of hydrogen-bond donors (Lipinski definition) is 0. The molecule has 3 heterocycles. The third-order valence-electron chi connectivity index (χ3n) is 5.91. The van der Waals surface area contributed by atoms with Crippen LogP contribution in [0.25, 0.3) is 0 Å². The zero-order valence-electron chi connectivity index (χ0n) is 17.0. The normalized spacial score (nSPS) is 20.9. The highest BCUT2D eigenvalue weighted by molar-refractivity contribution is 5.35. The van der Waals surface area contributed by atoms with Gasteiger partial charge in [0.25, 0.3) is 0 Å². The Labute approximate surface area is 161 Å². The van der Waals surface area contributed by atoms with Gasteiger partial charge in [-0.15, -0.1) is 10.2 Å². The van der Waals surface area contributed by atoms with Crippen LogP contribution in [0.3, 0.4) is 0 Å². The molecule has 7 heteroatoms. The van der Waals surface area contributed by atoms with Gasteiger partial charge in [-0.3, -0.25) is 0 Å². The Morgan fingerprint density at radius 1 is 1.07 bits per heavy atom. The molecule has 1 saturated carbocycles. The zero-order chi connectivity index (χ0) is 19.0. The molecule has 0 spiro atoms. The van der Waals surface area contributed by atoms with Crippen molar-refractivity contribution in [2.24, 2.45) is 7.05 Å². The highest BCUT2D eigenvalue weighted by atomic mass is 15.3. The molecule has 7 nitrogen and oxygen atoms in total. The summed E-state index contributed by atoms with van der Waals surface area (Å²) in [6, 6.07) is 2.17. The first-order valence-corrected chi connectivity index (χ1v) is 10.1. The first-order chi connectivity index (χ1) is 13.0. The van der Waals surface area contributed by atoms with Crippen LogP contribution in [0.1, 0.15) is 67.0 Å². The molecule has 2 fully saturated rings. The monoisotopic (exact) mass is 369 g/mol. The van der Waals surface area contributed by atoms with Gasteiger partial charge in [-0.25, -0.2) is 9.97 Å². The molecule has 0 unspecified atom stereocenters. The van der Waals surface area contributed by atoms with Crippen molar-refractivity contribution in [3.63, 3.8) is 0 Å². The number of hydrogen-bond acceptors (Lipinski definition) is 6. The summed E-state index contributed by atoms with van der Waals surface area (Å²) < 4.78 is 2.17. The van der Waals surface area contributed by atoms with E-state index >= 15 is 0 Å². The van der Waals surface area contributed by atoms with Gasteiger partial charge in [0.05, 0.1) is 6.54 Å². The van der Waals surface area contributed by atoms with Crippen LogP contribution in [0.2, 0.25) is 0 Å². The van der Waals surface area contributed by atoms with Crippen LogP contribution in [0.4, 0.5) is 5.95 Å². The summed E-state index contributed by atoms with van der Waals surface area (Å²) >= 11 is 0. The predicted molar refractivity (Wildman–Crippen MR) is 106 cm³/mol. The maximum Gasteiger partial charge on any atom is 0.225 e. The molecule has 0 amide bonds. The van der Waals surface area contributed by atoms with E-state index in [0.717, 1.165) is 55.8 Å². The van der Waals surface area contributed by atoms with Crippen LogP contribution in [0, 0.1) is 6.92 Å². The van der Waals surface area contributed by atoms with Crippen molar-refractivity contribution in [2.75, 3.05) is 32.1 Å². The summed E-state index contributed by atoms with van der Waals surface area (Å²) in [6.07, 6.45) is 6.15. The third kappa shape index (κ3) is 3.83. The summed E-state index contributed by atoms with van der Waals surface area (Å²) in [5.74, 6) is 4.02. The summed E-state index contributed by atoms with van der Waals surface area (Å²) in [4.78, 5) is 14.2. The molecule has 1 saturated heterocycles. The molecule has 1 atom stereocenters. The van der Waals surface area contributed by atoms with E-state index in [1.54, 1.807) is 0 Å². The lowest BCUT2D eigenvalue weighted by Gasteiger charge is -2.33. The van der Waals surface area contributed by atoms with Crippen LogP contribution in [0.15, 0.2) is 6.07 Å². The molecule has 1 aliphatic heterocycles. The van der Waals surface area contributed by atoms with Gasteiger partial charge in [0, 0.05) is 43.4 Å². The lowest BCUT2D eigenvalue weighted by Crippen LogP contribution is -2.37. The second kappa shape index (κ2) is 7.54. The van der Waals surface area contributed by atoms with E-state index in [1.165, 1.54) is 25.0 Å². The molecule has 2 aromatic rings. The number of piperidine rings is 1. The SMILES string of the molecule is Cc1cc(C2CCC2)nc(N2CCC[C@H](c3nnc(CN(C)C)n3C)C2)n1. The second-order valence-corrected chi connectivity index (χ2v) is 8.42. The number of anilines is 1. The number of nitrogens with zero attached hydrogens (tertiary/aromatic N) is 7. The van der Waals surface area contributed by atoms with Gasteiger partial charge < -0.3 is 14.4 Å². The van der Waals surface area contributed by atoms with Crippen LogP contribution in [-0.2, 0) is 13.6 Å². The Morgan fingerprint density at radius 2 is 1.85 bits per heavy atom. The Kier molecular flexibility index (Phi) is 5.12. The second-order valence-electron chi connectivity index (χ2n) is 8.42. The Balaban J connectivity index is 1.53. The largest absolute Gasteiger partial charge is 0.340 e. The molecule has 4 rings (SSSR count). The minimum absolute atomic E-state index is 0.378. The maximum absolute atomic E-state index is 4.94. The zero-order valence-corrected chi connectivity index (χ0v) is 17.0. The van der Waals surface area contributed by atoms with Crippen molar-refractivity contribution in [3.8, 4) is 0 Å². The predicted octanol–water partition coefficient (Wildman–Crippen LogP) is 2.63. The molecule has 0 N–H and O–H groups in total. The average molecular weight is 370 g/mol. The van der Waals surface area contributed by atoms with Crippen LogP contribution in [-0.4, -0.2) is 56.8 Å². The van der Waals surface area contributed by atoms with Crippen LogP contribution < -0.4 is 4.90 Å². The first kappa shape index (κ1) is 18.3. The van der Waals surface area contributed by atoms with Crippen molar-refractivity contribution in [3.05, 3.63) is 29.1 Å². The van der Waals surface area contributed by atoms with E-state index in [0.29, 0.717) is 11.8 Å². The van der Waals surface area contributed by atoms with Gasteiger partial charge >= 0.3 is 0 Å². The molecular weight excluding hydrogens is 338 g/mol. The summed E-state index contributed by atoms with van der Waals surface area (Å²) in [5, 5.41) is 8.95. The number of aromatic nitrogens is 5. The van der Waals surface area contributed by atoms with Crippen molar-refractivity contribution in [2.45, 2.75) is 57.4 Å². The van der Waals surface area contributed by atoms with Crippen molar-refractivity contribution in [1.29, 1.82) is 0 Å². The summed E-state index contributed by atoms with van der Waals surface area (Å²) in [5.41, 5.74) is 2.31. The summed E-state index contributed by atoms with van der Waals surface area (Å²) in [6.45, 7) is 4.84. The van der Waals surface area contributed by atoms with E-state index in [9.17, 15) is 0 Å². The van der Waals surface area contributed by atoms with E-state index in [4.69, 9.17) is 9.97 Å². The molecule has 2 aromatic heterocycles. The summed E-state index contributed by atoms with van der Waals surface area (Å²) in [7, 11) is 6.21.